The smallest absolute Gasteiger partial charge is 0.0701 e. The van der Waals surface area contributed by atoms with Gasteiger partial charge in [-0.2, -0.15) is 0 Å². The van der Waals surface area contributed by atoms with Gasteiger partial charge >= 0.3 is 0 Å². The fourth-order valence-corrected chi connectivity index (χ4v) is 1.68. The number of allylic oxidation sites excluding steroid dienone is 2. The number of hydrogen-bond donors (Lipinski definition) is 0. The lowest BCUT2D eigenvalue weighted by Crippen LogP contribution is -2.12. The van der Waals surface area contributed by atoms with Crippen LogP contribution in [0.25, 0.3) is 0 Å². The van der Waals surface area contributed by atoms with E-state index < -0.39 is 0 Å². The van der Waals surface area contributed by atoms with Crippen LogP contribution < -0.4 is 0 Å². The summed E-state index contributed by atoms with van der Waals surface area (Å²) in [5, 5.41) is 0. The summed E-state index contributed by atoms with van der Waals surface area (Å²) in [5.74, 6) is 5.03. The molecule has 0 fully saturated rings. The molecule has 0 heterocycles. The summed E-state index contributed by atoms with van der Waals surface area (Å²) in [7, 11) is 0. The first-order valence-electron chi connectivity index (χ1n) is 8.30. The van der Waals surface area contributed by atoms with Crippen molar-refractivity contribution in [3.8, 4) is 24.7 Å². The minimum atomic E-state index is 0.555. The summed E-state index contributed by atoms with van der Waals surface area (Å²) in [6.45, 7) is 12.2. The Morgan fingerprint density at radius 3 is 1.17 bits per heavy atom. The molecule has 0 aromatic rings. The van der Waals surface area contributed by atoms with Crippen LogP contribution in [0, 0.1) is 24.7 Å². The van der Waals surface area contributed by atoms with Gasteiger partial charge in [0.25, 0.3) is 0 Å². The molecule has 0 N–H and O–H groups in total. The van der Waals surface area contributed by atoms with E-state index >= 15 is 0 Å². The van der Waals surface area contributed by atoms with Crippen molar-refractivity contribution in [2.24, 2.45) is 0 Å². The van der Waals surface area contributed by atoms with Crippen molar-refractivity contribution in [2.45, 2.75) is 25.7 Å². The highest BCUT2D eigenvalue weighted by molar-refractivity contribution is 5.21. The van der Waals surface area contributed by atoms with Crippen LogP contribution in [0.15, 0.2) is 24.3 Å². The van der Waals surface area contributed by atoms with E-state index in [1.54, 1.807) is 0 Å². The average molecular weight is 334 g/mol. The Labute approximate surface area is 147 Å². The van der Waals surface area contributed by atoms with Crippen molar-refractivity contribution in [3.05, 3.63) is 24.3 Å². The third kappa shape index (κ3) is 16.8. The highest BCUT2D eigenvalue weighted by atomic mass is 16.6. The first kappa shape index (κ1) is 22.4. The quantitative estimate of drug-likeness (QED) is 0.303. The fraction of sp³-hybridized carbons (Fsp3) is 0.600. The number of terminal acetylenes is 2. The van der Waals surface area contributed by atoms with E-state index in [0.717, 1.165) is 36.8 Å². The monoisotopic (exact) mass is 334 g/mol. The van der Waals surface area contributed by atoms with Gasteiger partial charge < -0.3 is 18.9 Å². The van der Waals surface area contributed by atoms with Crippen molar-refractivity contribution in [1.82, 2.24) is 0 Å². The molecule has 0 atom stereocenters. The maximum Gasteiger partial charge on any atom is 0.0701 e. The van der Waals surface area contributed by atoms with E-state index in [2.05, 4.69) is 25.0 Å². The molecule has 4 heteroatoms. The summed E-state index contributed by atoms with van der Waals surface area (Å²) in [4.78, 5) is 0. The second-order valence-corrected chi connectivity index (χ2v) is 5.15. The van der Waals surface area contributed by atoms with Crippen LogP contribution >= 0.6 is 0 Å². The van der Waals surface area contributed by atoms with Gasteiger partial charge in [0.1, 0.15) is 0 Å². The van der Waals surface area contributed by atoms with Crippen LogP contribution in [-0.4, -0.2) is 52.9 Å². The summed E-state index contributed by atoms with van der Waals surface area (Å²) in [5.41, 5.74) is 1.63. The van der Waals surface area contributed by atoms with Gasteiger partial charge in [-0.05, 0) is 36.8 Å². The first-order valence-corrected chi connectivity index (χ1v) is 8.30. The molecular weight excluding hydrogens is 304 g/mol. The molecule has 0 rings (SSSR count). The lowest BCUT2D eigenvalue weighted by atomic mass is 10.2. The minimum absolute atomic E-state index is 0.555. The molecule has 0 aliphatic carbocycles. The van der Waals surface area contributed by atoms with Gasteiger partial charge in [0.2, 0.25) is 0 Å². The molecule has 0 saturated carbocycles. The van der Waals surface area contributed by atoms with Gasteiger partial charge in [-0.25, -0.2) is 0 Å². The second-order valence-electron chi connectivity index (χ2n) is 5.15. The molecule has 0 bridgehead atoms. The second kappa shape index (κ2) is 17.8. The summed E-state index contributed by atoms with van der Waals surface area (Å²) >= 11 is 0. The van der Waals surface area contributed by atoms with Gasteiger partial charge in [0.15, 0.2) is 0 Å². The number of ether oxygens (including phenoxy) is 4. The van der Waals surface area contributed by atoms with Crippen molar-refractivity contribution >= 4 is 0 Å². The lowest BCUT2D eigenvalue weighted by Gasteiger charge is -2.07. The molecule has 24 heavy (non-hydrogen) atoms. The van der Waals surface area contributed by atoms with Crippen LogP contribution in [0.2, 0.25) is 0 Å². The zero-order valence-electron chi connectivity index (χ0n) is 14.7. The van der Waals surface area contributed by atoms with Gasteiger partial charge in [-0.3, -0.25) is 0 Å². The van der Waals surface area contributed by atoms with E-state index in [1.807, 2.05) is 0 Å². The third-order valence-electron chi connectivity index (χ3n) is 3.06. The zero-order chi connectivity index (χ0) is 17.9. The molecule has 0 radical (unpaired) electrons. The number of rotatable bonds is 17. The molecule has 0 aromatic carbocycles. The van der Waals surface area contributed by atoms with Crippen molar-refractivity contribution in [1.29, 1.82) is 0 Å². The number of hydrogen-bond acceptors (Lipinski definition) is 4. The summed E-state index contributed by atoms with van der Waals surface area (Å²) in [6.07, 6.45) is 13.8. The molecule has 4 nitrogen and oxygen atoms in total. The van der Waals surface area contributed by atoms with Crippen LogP contribution in [0.3, 0.4) is 0 Å². The van der Waals surface area contributed by atoms with Gasteiger partial charge in [0.05, 0.1) is 39.6 Å². The first-order chi connectivity index (χ1) is 11.7. The highest BCUT2D eigenvalue weighted by Crippen LogP contribution is 2.00. The fourth-order valence-electron chi connectivity index (χ4n) is 1.68. The SMILES string of the molecule is C#CC(=C)CCCOCCOCCOCCOCCCC(=C)C#C. The van der Waals surface area contributed by atoms with E-state index in [9.17, 15) is 0 Å². The Balaban J connectivity index is 3.08. The third-order valence-corrected chi connectivity index (χ3v) is 3.06. The molecule has 0 unspecified atom stereocenters. The largest absolute Gasteiger partial charge is 0.379 e. The van der Waals surface area contributed by atoms with Gasteiger partial charge in [-0.1, -0.05) is 25.0 Å². The van der Waals surface area contributed by atoms with Gasteiger partial charge in [0, 0.05) is 13.2 Å². The van der Waals surface area contributed by atoms with Crippen LogP contribution in [-0.2, 0) is 18.9 Å². The molecule has 134 valence electrons. The Hall–Kier alpha value is -1.56. The summed E-state index contributed by atoms with van der Waals surface area (Å²) in [6, 6.07) is 0. The molecule has 0 aliphatic heterocycles. The van der Waals surface area contributed by atoms with Gasteiger partial charge in [-0.15, -0.1) is 12.8 Å². The Morgan fingerprint density at radius 1 is 0.583 bits per heavy atom. The summed E-state index contributed by atoms with van der Waals surface area (Å²) < 4.78 is 21.6. The molecule has 0 aliphatic rings. The van der Waals surface area contributed by atoms with E-state index in [-0.39, 0.29) is 0 Å². The maximum absolute atomic E-state index is 5.42. The lowest BCUT2D eigenvalue weighted by molar-refractivity contribution is -0.00212. The van der Waals surface area contributed by atoms with Crippen molar-refractivity contribution in [2.75, 3.05) is 52.9 Å². The molecule has 0 amide bonds. The normalized spacial score (nSPS) is 10.1. The topological polar surface area (TPSA) is 36.9 Å². The Bertz CT molecular complexity index is 374. The molecule has 0 saturated heterocycles. The Kier molecular flexibility index (Phi) is 16.6. The molecule has 0 spiro atoms. The Morgan fingerprint density at radius 2 is 0.875 bits per heavy atom. The van der Waals surface area contributed by atoms with Crippen LogP contribution in [0.5, 0.6) is 0 Å². The van der Waals surface area contributed by atoms with E-state index in [4.69, 9.17) is 31.8 Å². The van der Waals surface area contributed by atoms with E-state index in [0.29, 0.717) is 52.9 Å². The van der Waals surface area contributed by atoms with Crippen molar-refractivity contribution < 1.29 is 18.9 Å². The van der Waals surface area contributed by atoms with Crippen molar-refractivity contribution in [3.63, 3.8) is 0 Å². The van der Waals surface area contributed by atoms with Crippen LogP contribution in [0.1, 0.15) is 25.7 Å². The maximum atomic E-state index is 5.42. The molecular formula is C20H30O4. The highest BCUT2D eigenvalue weighted by Gasteiger charge is 1.95. The predicted octanol–water partition coefficient (Wildman–Crippen LogP) is 2.99. The minimum Gasteiger partial charge on any atom is -0.379 e. The zero-order valence-corrected chi connectivity index (χ0v) is 14.7. The van der Waals surface area contributed by atoms with E-state index in [1.165, 1.54) is 0 Å². The standard InChI is InChI=1S/C20H30O4/c1-5-19(3)9-7-11-21-13-15-23-17-18-24-16-14-22-12-8-10-20(4)6-2/h1-2H,3-4,7-18H2. The molecule has 0 aromatic heterocycles. The predicted molar refractivity (Wildman–Crippen MR) is 97.7 cm³/mol. The average Bonchev–Trinajstić information content (AvgIpc) is 2.60. The van der Waals surface area contributed by atoms with Crippen LogP contribution in [0.4, 0.5) is 0 Å².